The molecular formula is C13H17N3OS2. The summed E-state index contributed by atoms with van der Waals surface area (Å²) in [5, 5.41) is 2.88. The first-order valence-electron chi connectivity index (χ1n) is 6.23. The van der Waals surface area contributed by atoms with Gasteiger partial charge >= 0.3 is 0 Å². The molecule has 6 heteroatoms. The summed E-state index contributed by atoms with van der Waals surface area (Å²) < 4.78 is 0. The molecule has 0 aliphatic heterocycles. The van der Waals surface area contributed by atoms with Crippen LogP contribution in [0.3, 0.4) is 0 Å². The number of nitrogens with zero attached hydrogens (tertiary/aromatic N) is 3. The van der Waals surface area contributed by atoms with Gasteiger partial charge in [-0.05, 0) is 19.8 Å². The fraction of sp³-hybridized carbons (Fsp3) is 0.462. The summed E-state index contributed by atoms with van der Waals surface area (Å²) in [6, 6.07) is 0.0244. The molecule has 0 spiro atoms. The van der Waals surface area contributed by atoms with Crippen molar-refractivity contribution in [3.05, 3.63) is 32.7 Å². The molecule has 0 fully saturated rings. The van der Waals surface area contributed by atoms with Crippen molar-refractivity contribution >= 4 is 28.6 Å². The van der Waals surface area contributed by atoms with Crippen LogP contribution in [0.15, 0.2) is 17.1 Å². The zero-order chi connectivity index (χ0) is 13.8. The quantitative estimate of drug-likeness (QED) is 0.849. The standard InChI is InChI=1S/C13H17N3OS2/c1-4-5-12-15-10(7-18-12)13(17)16(3)9(2)11-6-14-8-19-11/h6-9H,4-5H2,1-3H3/t9-/m0/s1. The lowest BCUT2D eigenvalue weighted by atomic mass is 10.2. The first kappa shape index (κ1) is 14.1. The molecule has 0 saturated heterocycles. The third-order valence-corrected chi connectivity index (χ3v) is 4.85. The van der Waals surface area contributed by atoms with Crippen LogP contribution in [0.25, 0.3) is 0 Å². The van der Waals surface area contributed by atoms with E-state index >= 15 is 0 Å². The minimum Gasteiger partial charge on any atom is -0.333 e. The first-order valence-corrected chi connectivity index (χ1v) is 7.99. The number of rotatable bonds is 5. The second-order valence-corrected chi connectivity index (χ2v) is 6.23. The van der Waals surface area contributed by atoms with Gasteiger partial charge in [0.05, 0.1) is 16.6 Å². The third-order valence-electron chi connectivity index (χ3n) is 3.00. The van der Waals surface area contributed by atoms with Crippen LogP contribution in [0.1, 0.15) is 46.7 Å². The second-order valence-electron chi connectivity index (χ2n) is 4.37. The molecule has 2 heterocycles. The van der Waals surface area contributed by atoms with Crippen LogP contribution in [-0.4, -0.2) is 27.8 Å². The Morgan fingerprint density at radius 3 is 2.89 bits per heavy atom. The molecule has 0 saturated carbocycles. The Morgan fingerprint density at radius 1 is 1.47 bits per heavy atom. The average Bonchev–Trinajstić information content (AvgIpc) is 3.07. The maximum Gasteiger partial charge on any atom is 0.273 e. The monoisotopic (exact) mass is 295 g/mol. The number of carbonyl (C=O) groups is 1. The Balaban J connectivity index is 2.09. The number of aryl methyl sites for hydroxylation is 1. The molecular weight excluding hydrogens is 278 g/mol. The fourth-order valence-corrected chi connectivity index (χ4v) is 3.31. The van der Waals surface area contributed by atoms with Crippen molar-refractivity contribution in [2.75, 3.05) is 7.05 Å². The van der Waals surface area contributed by atoms with E-state index in [0.717, 1.165) is 22.7 Å². The van der Waals surface area contributed by atoms with Gasteiger partial charge in [0.15, 0.2) is 0 Å². The molecule has 4 nitrogen and oxygen atoms in total. The summed E-state index contributed by atoms with van der Waals surface area (Å²) in [6.07, 6.45) is 3.79. The van der Waals surface area contributed by atoms with Crippen molar-refractivity contribution < 1.29 is 4.79 Å². The van der Waals surface area contributed by atoms with Crippen LogP contribution in [0, 0.1) is 0 Å². The normalized spacial score (nSPS) is 12.4. The molecule has 102 valence electrons. The number of thiazole rings is 2. The van der Waals surface area contributed by atoms with Gasteiger partial charge in [-0.2, -0.15) is 0 Å². The number of hydrogen-bond donors (Lipinski definition) is 0. The predicted molar refractivity (Wildman–Crippen MR) is 78.7 cm³/mol. The summed E-state index contributed by atoms with van der Waals surface area (Å²) in [7, 11) is 1.81. The summed E-state index contributed by atoms with van der Waals surface area (Å²) in [5.74, 6) is -0.0282. The van der Waals surface area contributed by atoms with E-state index in [-0.39, 0.29) is 11.9 Å². The topological polar surface area (TPSA) is 46.1 Å². The zero-order valence-corrected chi connectivity index (χ0v) is 12.9. The lowest BCUT2D eigenvalue weighted by Crippen LogP contribution is -2.29. The van der Waals surface area contributed by atoms with E-state index in [1.165, 1.54) is 0 Å². The van der Waals surface area contributed by atoms with Gasteiger partial charge in [-0.1, -0.05) is 6.92 Å². The third kappa shape index (κ3) is 3.19. The first-order chi connectivity index (χ1) is 9.13. The van der Waals surface area contributed by atoms with E-state index in [0.29, 0.717) is 5.69 Å². The Kier molecular flexibility index (Phi) is 4.66. The van der Waals surface area contributed by atoms with Gasteiger partial charge in [-0.3, -0.25) is 9.78 Å². The van der Waals surface area contributed by atoms with Crippen LogP contribution >= 0.6 is 22.7 Å². The van der Waals surface area contributed by atoms with E-state index in [1.807, 2.05) is 25.5 Å². The van der Waals surface area contributed by atoms with Crippen molar-refractivity contribution in [2.24, 2.45) is 0 Å². The van der Waals surface area contributed by atoms with Crippen LogP contribution in [0.5, 0.6) is 0 Å². The van der Waals surface area contributed by atoms with Gasteiger partial charge in [0.2, 0.25) is 0 Å². The van der Waals surface area contributed by atoms with E-state index in [2.05, 4.69) is 16.9 Å². The highest BCUT2D eigenvalue weighted by Crippen LogP contribution is 2.24. The molecule has 0 aliphatic carbocycles. The highest BCUT2D eigenvalue weighted by Gasteiger charge is 2.21. The molecule has 0 bridgehead atoms. The van der Waals surface area contributed by atoms with Gasteiger partial charge in [0.25, 0.3) is 5.91 Å². The number of hydrogen-bond acceptors (Lipinski definition) is 5. The fourth-order valence-electron chi connectivity index (χ4n) is 1.72. The maximum absolute atomic E-state index is 12.4. The van der Waals surface area contributed by atoms with Crippen molar-refractivity contribution in [2.45, 2.75) is 32.7 Å². The summed E-state index contributed by atoms with van der Waals surface area (Å²) >= 11 is 3.12. The zero-order valence-electron chi connectivity index (χ0n) is 11.3. The largest absolute Gasteiger partial charge is 0.333 e. The second kappa shape index (κ2) is 6.25. The maximum atomic E-state index is 12.4. The molecule has 0 aromatic carbocycles. The number of amides is 1. The SMILES string of the molecule is CCCc1nc(C(=O)N(C)[C@@H](C)c2cncs2)cs1. The minimum atomic E-state index is -0.0282. The van der Waals surface area contributed by atoms with Crippen molar-refractivity contribution in [3.8, 4) is 0 Å². The van der Waals surface area contributed by atoms with Crippen molar-refractivity contribution in [3.63, 3.8) is 0 Å². The lowest BCUT2D eigenvalue weighted by Gasteiger charge is -2.22. The Hall–Kier alpha value is -1.27. The molecule has 0 aliphatic rings. The predicted octanol–water partition coefficient (Wildman–Crippen LogP) is 3.39. The molecule has 19 heavy (non-hydrogen) atoms. The van der Waals surface area contributed by atoms with E-state index in [1.54, 1.807) is 33.1 Å². The van der Waals surface area contributed by atoms with Gasteiger partial charge < -0.3 is 4.90 Å². The summed E-state index contributed by atoms with van der Waals surface area (Å²) in [5.41, 5.74) is 2.33. The van der Waals surface area contributed by atoms with Crippen LogP contribution in [-0.2, 0) is 6.42 Å². The van der Waals surface area contributed by atoms with Gasteiger partial charge in [-0.15, -0.1) is 22.7 Å². The average molecular weight is 295 g/mol. The Morgan fingerprint density at radius 2 is 2.26 bits per heavy atom. The molecule has 2 aromatic rings. The molecule has 1 amide bonds. The molecule has 2 aromatic heterocycles. The lowest BCUT2D eigenvalue weighted by molar-refractivity contribution is 0.0739. The van der Waals surface area contributed by atoms with Gasteiger partial charge in [0, 0.05) is 23.5 Å². The van der Waals surface area contributed by atoms with E-state index < -0.39 is 0 Å². The highest BCUT2D eigenvalue weighted by atomic mass is 32.1. The molecule has 0 radical (unpaired) electrons. The number of aromatic nitrogens is 2. The Bertz CT molecular complexity index is 536. The Labute approximate surface area is 121 Å². The van der Waals surface area contributed by atoms with Crippen LogP contribution < -0.4 is 0 Å². The molecule has 0 unspecified atom stereocenters. The van der Waals surface area contributed by atoms with Crippen molar-refractivity contribution in [1.29, 1.82) is 0 Å². The van der Waals surface area contributed by atoms with E-state index in [9.17, 15) is 4.79 Å². The van der Waals surface area contributed by atoms with Crippen LogP contribution in [0.4, 0.5) is 0 Å². The van der Waals surface area contributed by atoms with Crippen LogP contribution in [0.2, 0.25) is 0 Å². The van der Waals surface area contributed by atoms with Gasteiger partial charge in [-0.25, -0.2) is 4.98 Å². The summed E-state index contributed by atoms with van der Waals surface area (Å²) in [6.45, 7) is 4.12. The van der Waals surface area contributed by atoms with Gasteiger partial charge in [0.1, 0.15) is 5.69 Å². The van der Waals surface area contributed by atoms with Crippen molar-refractivity contribution in [1.82, 2.24) is 14.9 Å². The molecule has 0 N–H and O–H groups in total. The van der Waals surface area contributed by atoms with E-state index in [4.69, 9.17) is 0 Å². The smallest absolute Gasteiger partial charge is 0.273 e. The summed E-state index contributed by atoms with van der Waals surface area (Å²) in [4.78, 5) is 23.6. The number of carbonyl (C=O) groups excluding carboxylic acids is 1. The molecule has 1 atom stereocenters. The highest BCUT2D eigenvalue weighted by molar-refractivity contribution is 7.10. The molecule has 2 rings (SSSR count). The minimum absolute atomic E-state index is 0.0244.